The summed E-state index contributed by atoms with van der Waals surface area (Å²) in [6, 6.07) is 0. The van der Waals surface area contributed by atoms with E-state index in [1.165, 1.54) is 0 Å². The van der Waals surface area contributed by atoms with E-state index in [0.29, 0.717) is 18.3 Å². The number of H-pyrrole nitrogens is 1. The lowest BCUT2D eigenvalue weighted by Gasteiger charge is -2.31. The first kappa shape index (κ1) is 11.1. The number of nitrogens with one attached hydrogen (secondary N) is 1. The van der Waals surface area contributed by atoms with Crippen LogP contribution in [0.5, 0.6) is 0 Å². The van der Waals surface area contributed by atoms with Crippen molar-refractivity contribution in [2.75, 3.05) is 19.6 Å². The fourth-order valence-electron chi connectivity index (χ4n) is 2.02. The van der Waals surface area contributed by atoms with Gasteiger partial charge >= 0.3 is 0 Å². The standard InChI is InChI=1S/C10H17N5O/c1-7-12-9(14-13-7)10(16)15-4-2-3-8(5-11)6-15/h8H,2-6,11H2,1H3,(H,12,13,14). The molecule has 0 aliphatic carbocycles. The number of carbonyl (C=O) groups is 1. The fourth-order valence-corrected chi connectivity index (χ4v) is 2.02. The van der Waals surface area contributed by atoms with Crippen LogP contribution in [0.3, 0.4) is 0 Å². The van der Waals surface area contributed by atoms with Crippen molar-refractivity contribution >= 4 is 5.91 Å². The third-order valence-electron chi connectivity index (χ3n) is 2.93. The second-order valence-electron chi connectivity index (χ2n) is 4.24. The molecule has 6 heteroatoms. The maximum Gasteiger partial charge on any atom is 0.293 e. The normalized spacial score (nSPS) is 21.1. The Bertz CT molecular complexity index is 375. The van der Waals surface area contributed by atoms with Crippen LogP contribution in [0, 0.1) is 12.8 Å². The number of nitrogens with two attached hydrogens (primary N) is 1. The number of piperidine rings is 1. The highest BCUT2D eigenvalue weighted by atomic mass is 16.2. The van der Waals surface area contributed by atoms with Crippen LogP contribution in [0.2, 0.25) is 0 Å². The van der Waals surface area contributed by atoms with E-state index in [2.05, 4.69) is 15.2 Å². The van der Waals surface area contributed by atoms with Crippen molar-refractivity contribution in [1.29, 1.82) is 0 Å². The van der Waals surface area contributed by atoms with Crippen LogP contribution in [0.4, 0.5) is 0 Å². The molecule has 0 radical (unpaired) electrons. The fraction of sp³-hybridized carbons (Fsp3) is 0.700. The van der Waals surface area contributed by atoms with Crippen molar-refractivity contribution in [2.45, 2.75) is 19.8 Å². The van der Waals surface area contributed by atoms with Gasteiger partial charge in [0.1, 0.15) is 5.82 Å². The topological polar surface area (TPSA) is 87.9 Å². The lowest BCUT2D eigenvalue weighted by molar-refractivity contribution is 0.0666. The summed E-state index contributed by atoms with van der Waals surface area (Å²) in [7, 11) is 0. The number of rotatable bonds is 2. The number of nitrogens with zero attached hydrogens (tertiary/aromatic N) is 3. The summed E-state index contributed by atoms with van der Waals surface area (Å²) in [5, 5.41) is 6.56. The van der Waals surface area contributed by atoms with Gasteiger partial charge in [-0.2, -0.15) is 0 Å². The quantitative estimate of drug-likeness (QED) is 0.734. The lowest BCUT2D eigenvalue weighted by atomic mass is 9.98. The average Bonchev–Trinajstić information content (AvgIpc) is 2.75. The second-order valence-corrected chi connectivity index (χ2v) is 4.24. The first-order valence-electron chi connectivity index (χ1n) is 5.59. The van der Waals surface area contributed by atoms with Gasteiger partial charge < -0.3 is 10.6 Å². The van der Waals surface area contributed by atoms with Crippen molar-refractivity contribution in [1.82, 2.24) is 20.1 Å². The lowest BCUT2D eigenvalue weighted by Crippen LogP contribution is -2.42. The molecular weight excluding hydrogens is 206 g/mol. The Morgan fingerprint density at radius 3 is 3.12 bits per heavy atom. The third kappa shape index (κ3) is 2.21. The number of likely N-dealkylation sites (tertiary alicyclic amines) is 1. The summed E-state index contributed by atoms with van der Waals surface area (Å²) >= 11 is 0. The number of aryl methyl sites for hydroxylation is 1. The highest BCUT2D eigenvalue weighted by Gasteiger charge is 2.25. The average molecular weight is 223 g/mol. The van der Waals surface area contributed by atoms with E-state index in [1.807, 2.05) is 0 Å². The highest BCUT2D eigenvalue weighted by Crippen LogP contribution is 2.16. The van der Waals surface area contributed by atoms with Crippen molar-refractivity contribution in [2.24, 2.45) is 11.7 Å². The Balaban J connectivity index is 2.04. The molecule has 0 bridgehead atoms. The van der Waals surface area contributed by atoms with Crippen molar-refractivity contribution in [3.63, 3.8) is 0 Å². The molecule has 1 unspecified atom stereocenters. The van der Waals surface area contributed by atoms with Gasteiger partial charge in [-0.15, -0.1) is 5.10 Å². The van der Waals surface area contributed by atoms with E-state index in [9.17, 15) is 4.79 Å². The van der Waals surface area contributed by atoms with Crippen LogP contribution in [-0.2, 0) is 0 Å². The summed E-state index contributed by atoms with van der Waals surface area (Å²) in [5.41, 5.74) is 5.63. The van der Waals surface area contributed by atoms with E-state index in [0.717, 1.165) is 25.9 Å². The number of carbonyl (C=O) groups excluding carboxylic acids is 1. The molecule has 0 aromatic carbocycles. The minimum atomic E-state index is -0.0949. The van der Waals surface area contributed by atoms with Gasteiger partial charge in [0.15, 0.2) is 0 Å². The van der Waals surface area contributed by atoms with E-state index < -0.39 is 0 Å². The van der Waals surface area contributed by atoms with E-state index in [4.69, 9.17) is 5.73 Å². The Labute approximate surface area is 94.2 Å². The molecule has 1 atom stereocenters. The highest BCUT2D eigenvalue weighted by molar-refractivity contribution is 5.90. The van der Waals surface area contributed by atoms with Crippen molar-refractivity contribution < 1.29 is 4.79 Å². The minimum absolute atomic E-state index is 0.0949. The third-order valence-corrected chi connectivity index (χ3v) is 2.93. The summed E-state index contributed by atoms with van der Waals surface area (Å²) in [4.78, 5) is 17.9. The molecule has 0 spiro atoms. The van der Waals surface area contributed by atoms with Crippen LogP contribution >= 0.6 is 0 Å². The molecule has 3 N–H and O–H groups in total. The first-order chi connectivity index (χ1) is 7.70. The number of aromatic nitrogens is 3. The zero-order chi connectivity index (χ0) is 11.5. The van der Waals surface area contributed by atoms with E-state index in [-0.39, 0.29) is 11.7 Å². The monoisotopic (exact) mass is 223 g/mol. The van der Waals surface area contributed by atoms with Crippen LogP contribution in [0.25, 0.3) is 0 Å². The van der Waals surface area contributed by atoms with Gasteiger partial charge in [-0.25, -0.2) is 4.98 Å². The molecule has 1 amide bonds. The SMILES string of the molecule is Cc1nc(C(=O)N2CCCC(CN)C2)n[nH]1. The molecule has 0 saturated carbocycles. The molecule has 1 saturated heterocycles. The molecular formula is C10H17N5O. The molecule has 16 heavy (non-hydrogen) atoms. The van der Waals surface area contributed by atoms with Gasteiger partial charge in [0.05, 0.1) is 0 Å². The van der Waals surface area contributed by atoms with Gasteiger partial charge in [0.2, 0.25) is 5.82 Å². The molecule has 1 aromatic heterocycles. The van der Waals surface area contributed by atoms with Gasteiger partial charge in [-0.1, -0.05) is 0 Å². The number of aromatic amines is 1. The zero-order valence-electron chi connectivity index (χ0n) is 9.44. The Morgan fingerprint density at radius 1 is 1.69 bits per heavy atom. The Morgan fingerprint density at radius 2 is 2.50 bits per heavy atom. The van der Waals surface area contributed by atoms with Gasteiger partial charge in [-0.05, 0) is 32.2 Å². The molecule has 1 aliphatic heterocycles. The zero-order valence-corrected chi connectivity index (χ0v) is 9.44. The Hall–Kier alpha value is -1.43. The summed E-state index contributed by atoms with van der Waals surface area (Å²) in [6.07, 6.45) is 2.12. The molecule has 88 valence electrons. The number of amides is 1. The van der Waals surface area contributed by atoms with Crippen LogP contribution in [0.15, 0.2) is 0 Å². The number of hydrogen-bond donors (Lipinski definition) is 2. The van der Waals surface area contributed by atoms with Crippen molar-refractivity contribution in [3.05, 3.63) is 11.6 Å². The summed E-state index contributed by atoms with van der Waals surface area (Å²) in [5.74, 6) is 1.24. The van der Waals surface area contributed by atoms with E-state index >= 15 is 0 Å². The molecule has 1 aliphatic rings. The van der Waals surface area contributed by atoms with Gasteiger partial charge in [0.25, 0.3) is 5.91 Å². The maximum atomic E-state index is 12.0. The molecule has 1 fully saturated rings. The van der Waals surface area contributed by atoms with Crippen LogP contribution in [-0.4, -0.2) is 45.6 Å². The summed E-state index contributed by atoms with van der Waals surface area (Å²) < 4.78 is 0. The molecule has 1 aromatic rings. The maximum absolute atomic E-state index is 12.0. The smallest absolute Gasteiger partial charge is 0.293 e. The van der Waals surface area contributed by atoms with Crippen LogP contribution < -0.4 is 5.73 Å². The Kier molecular flexibility index (Phi) is 3.19. The van der Waals surface area contributed by atoms with Crippen molar-refractivity contribution in [3.8, 4) is 0 Å². The predicted molar refractivity (Wildman–Crippen MR) is 58.8 cm³/mol. The van der Waals surface area contributed by atoms with Gasteiger partial charge in [-0.3, -0.25) is 9.89 Å². The van der Waals surface area contributed by atoms with E-state index in [1.54, 1.807) is 11.8 Å². The molecule has 6 nitrogen and oxygen atoms in total. The number of hydrogen-bond acceptors (Lipinski definition) is 4. The second kappa shape index (κ2) is 4.61. The predicted octanol–water partition coefficient (Wildman–Crippen LogP) is -0.0760. The molecule has 2 heterocycles. The molecule has 2 rings (SSSR count). The summed E-state index contributed by atoms with van der Waals surface area (Å²) in [6.45, 7) is 3.92. The first-order valence-corrected chi connectivity index (χ1v) is 5.59. The van der Waals surface area contributed by atoms with Crippen LogP contribution in [0.1, 0.15) is 29.3 Å². The van der Waals surface area contributed by atoms with Gasteiger partial charge in [0, 0.05) is 13.1 Å². The minimum Gasteiger partial charge on any atom is -0.336 e. The largest absolute Gasteiger partial charge is 0.336 e.